The summed E-state index contributed by atoms with van der Waals surface area (Å²) in [6, 6.07) is 13.1. The molecule has 3 aromatic rings. The van der Waals surface area contributed by atoms with Crippen LogP contribution >= 0.6 is 0 Å². The number of nitrogens with zero attached hydrogens (tertiary/aromatic N) is 3. The lowest BCUT2D eigenvalue weighted by atomic mass is 9.90. The first-order valence-electron chi connectivity index (χ1n) is 10.8. The van der Waals surface area contributed by atoms with Gasteiger partial charge in [-0.25, -0.2) is 9.37 Å². The average molecular weight is 422 g/mol. The van der Waals surface area contributed by atoms with Gasteiger partial charge in [-0.1, -0.05) is 30.3 Å². The topological polar surface area (TPSA) is 58.4 Å². The molecule has 6 heteroatoms. The zero-order valence-corrected chi connectivity index (χ0v) is 17.8. The maximum absolute atomic E-state index is 14.7. The van der Waals surface area contributed by atoms with Crippen molar-refractivity contribution in [2.24, 2.45) is 7.05 Å². The molecule has 1 saturated carbocycles. The number of aliphatic hydroxyl groups is 1. The lowest BCUT2D eigenvalue weighted by Crippen LogP contribution is -2.43. The van der Waals surface area contributed by atoms with Gasteiger partial charge in [0.05, 0.1) is 6.33 Å². The van der Waals surface area contributed by atoms with Crippen LogP contribution in [0.15, 0.2) is 55.0 Å². The Morgan fingerprint density at radius 2 is 2.06 bits per heavy atom. The molecule has 4 rings (SSSR count). The van der Waals surface area contributed by atoms with Crippen molar-refractivity contribution in [2.75, 3.05) is 6.61 Å². The quantitative estimate of drug-likeness (QED) is 0.588. The summed E-state index contributed by atoms with van der Waals surface area (Å²) >= 11 is 0. The fraction of sp³-hybridized carbons (Fsp3) is 0.360. The van der Waals surface area contributed by atoms with Gasteiger partial charge < -0.3 is 14.6 Å². The molecule has 2 aromatic carbocycles. The van der Waals surface area contributed by atoms with Gasteiger partial charge in [-0.2, -0.15) is 0 Å². The van der Waals surface area contributed by atoms with Crippen molar-refractivity contribution in [1.29, 1.82) is 0 Å². The minimum Gasteiger partial charge on any atom is -0.396 e. The number of carbonyl (C=O) groups excluding carboxylic acids is 1. The van der Waals surface area contributed by atoms with Crippen molar-refractivity contribution >= 4 is 5.91 Å². The van der Waals surface area contributed by atoms with E-state index in [0.717, 1.165) is 42.4 Å². The number of hydrogen-bond donors (Lipinski definition) is 1. The van der Waals surface area contributed by atoms with E-state index in [1.165, 1.54) is 6.07 Å². The number of aromatic nitrogens is 2. The molecule has 5 nitrogen and oxygen atoms in total. The fourth-order valence-corrected chi connectivity index (χ4v) is 4.00. The van der Waals surface area contributed by atoms with Crippen LogP contribution in [0.3, 0.4) is 0 Å². The van der Waals surface area contributed by atoms with Crippen LogP contribution in [0.2, 0.25) is 0 Å². The largest absolute Gasteiger partial charge is 0.396 e. The van der Waals surface area contributed by atoms with Gasteiger partial charge in [0.2, 0.25) is 0 Å². The first kappa shape index (κ1) is 21.2. The van der Waals surface area contributed by atoms with Gasteiger partial charge in [-0.3, -0.25) is 4.79 Å². The van der Waals surface area contributed by atoms with Gasteiger partial charge in [0.1, 0.15) is 11.5 Å². The lowest BCUT2D eigenvalue weighted by Gasteiger charge is -2.37. The van der Waals surface area contributed by atoms with Gasteiger partial charge in [-0.05, 0) is 60.9 Å². The van der Waals surface area contributed by atoms with Crippen molar-refractivity contribution in [2.45, 2.75) is 44.7 Å². The number of benzene rings is 2. The molecule has 31 heavy (non-hydrogen) atoms. The number of rotatable bonds is 8. The van der Waals surface area contributed by atoms with Crippen LogP contribution < -0.4 is 0 Å². The molecule has 1 amide bonds. The number of imidazole rings is 1. The van der Waals surface area contributed by atoms with E-state index < -0.39 is 0 Å². The summed E-state index contributed by atoms with van der Waals surface area (Å²) in [5, 5.41) is 9.08. The SMILES string of the molecule is Cn1cnc(C(=O)N(Cc2ccc(F)c(-c3cccc(CCCO)c3)c2)C2CCC2)c1. The molecule has 1 aromatic heterocycles. The van der Waals surface area contributed by atoms with Crippen molar-refractivity contribution in [1.82, 2.24) is 14.5 Å². The van der Waals surface area contributed by atoms with Gasteiger partial charge in [-0.15, -0.1) is 0 Å². The van der Waals surface area contributed by atoms with Crippen molar-refractivity contribution in [3.63, 3.8) is 0 Å². The van der Waals surface area contributed by atoms with Crippen molar-refractivity contribution in [3.05, 3.63) is 77.6 Å². The number of aliphatic hydroxyl groups excluding tert-OH is 1. The third-order valence-electron chi connectivity index (χ3n) is 5.95. The summed E-state index contributed by atoms with van der Waals surface area (Å²) in [6.45, 7) is 0.562. The molecular weight excluding hydrogens is 393 g/mol. The zero-order chi connectivity index (χ0) is 21.8. The lowest BCUT2D eigenvalue weighted by molar-refractivity contribution is 0.0551. The van der Waals surface area contributed by atoms with E-state index in [2.05, 4.69) is 4.98 Å². The Morgan fingerprint density at radius 3 is 2.74 bits per heavy atom. The molecule has 0 aliphatic heterocycles. The Morgan fingerprint density at radius 1 is 1.23 bits per heavy atom. The number of aryl methyl sites for hydroxylation is 2. The molecule has 0 saturated heterocycles. The van der Waals surface area contributed by atoms with E-state index in [9.17, 15) is 9.18 Å². The van der Waals surface area contributed by atoms with Gasteiger partial charge in [0.25, 0.3) is 5.91 Å². The van der Waals surface area contributed by atoms with E-state index in [4.69, 9.17) is 5.11 Å². The normalized spacial score (nSPS) is 13.8. The second-order valence-corrected chi connectivity index (χ2v) is 8.28. The van der Waals surface area contributed by atoms with Gasteiger partial charge in [0, 0.05) is 38.0 Å². The van der Waals surface area contributed by atoms with E-state index in [0.29, 0.717) is 24.2 Å². The standard InChI is InChI=1S/C25H28FN3O2/c1-28-16-24(27-17-28)25(31)29(21-8-3-9-21)15-19-10-11-23(26)22(14-19)20-7-2-5-18(13-20)6-4-12-30/h2,5,7,10-11,13-14,16-17,21,30H,3-4,6,8-9,12,15H2,1H3. The van der Waals surface area contributed by atoms with Crippen LogP contribution in [0.1, 0.15) is 47.3 Å². The van der Waals surface area contributed by atoms with Crippen molar-refractivity contribution in [3.8, 4) is 11.1 Å². The van der Waals surface area contributed by atoms with E-state index in [1.807, 2.05) is 42.3 Å². The minimum atomic E-state index is -0.283. The predicted octanol–water partition coefficient (Wildman–Crippen LogP) is 4.35. The molecule has 0 radical (unpaired) electrons. The highest BCUT2D eigenvalue weighted by Gasteiger charge is 2.30. The summed E-state index contributed by atoms with van der Waals surface area (Å²) in [5.74, 6) is -0.364. The highest BCUT2D eigenvalue weighted by atomic mass is 19.1. The Hall–Kier alpha value is -2.99. The molecule has 162 valence electrons. The highest BCUT2D eigenvalue weighted by Crippen LogP contribution is 2.30. The van der Waals surface area contributed by atoms with Gasteiger partial charge >= 0.3 is 0 Å². The molecular formula is C25H28FN3O2. The molecule has 1 fully saturated rings. The summed E-state index contributed by atoms with van der Waals surface area (Å²) in [7, 11) is 1.85. The first-order chi connectivity index (χ1) is 15.0. The third-order valence-corrected chi connectivity index (χ3v) is 5.95. The maximum Gasteiger partial charge on any atom is 0.274 e. The summed E-state index contributed by atoms with van der Waals surface area (Å²) < 4.78 is 16.5. The minimum absolute atomic E-state index is 0.0813. The molecule has 0 atom stereocenters. The molecule has 1 heterocycles. The molecule has 1 aliphatic rings. The first-order valence-corrected chi connectivity index (χ1v) is 10.8. The van der Waals surface area contributed by atoms with Crippen LogP contribution in [0.25, 0.3) is 11.1 Å². The van der Waals surface area contributed by atoms with Gasteiger partial charge in [0.15, 0.2) is 0 Å². The summed E-state index contributed by atoms with van der Waals surface area (Å²) in [5.41, 5.74) is 3.74. The average Bonchev–Trinajstić information content (AvgIpc) is 3.17. The van der Waals surface area contributed by atoms with E-state index in [1.54, 1.807) is 23.2 Å². The van der Waals surface area contributed by atoms with E-state index >= 15 is 0 Å². The van der Waals surface area contributed by atoms with Crippen LogP contribution in [-0.2, 0) is 20.0 Å². The van der Waals surface area contributed by atoms with Crippen LogP contribution in [0.5, 0.6) is 0 Å². The monoisotopic (exact) mass is 421 g/mol. The molecule has 1 N–H and O–H groups in total. The summed E-state index contributed by atoms with van der Waals surface area (Å²) in [6.07, 6.45) is 7.89. The Balaban J connectivity index is 1.60. The molecule has 0 unspecified atom stereocenters. The number of hydrogen-bond acceptors (Lipinski definition) is 3. The molecule has 0 spiro atoms. The smallest absolute Gasteiger partial charge is 0.274 e. The Kier molecular flexibility index (Phi) is 6.47. The second-order valence-electron chi connectivity index (χ2n) is 8.28. The molecule has 0 bridgehead atoms. The highest BCUT2D eigenvalue weighted by molar-refractivity contribution is 5.92. The van der Waals surface area contributed by atoms with Crippen molar-refractivity contribution < 1.29 is 14.3 Å². The fourth-order valence-electron chi connectivity index (χ4n) is 4.00. The second kappa shape index (κ2) is 9.43. The predicted molar refractivity (Wildman–Crippen MR) is 118 cm³/mol. The Bertz CT molecular complexity index is 1060. The third kappa shape index (κ3) is 4.85. The number of carbonyl (C=O) groups is 1. The molecule has 1 aliphatic carbocycles. The van der Waals surface area contributed by atoms with Crippen LogP contribution in [0, 0.1) is 5.82 Å². The maximum atomic E-state index is 14.7. The zero-order valence-electron chi connectivity index (χ0n) is 17.8. The Labute approximate surface area is 182 Å². The van der Waals surface area contributed by atoms with Crippen LogP contribution in [0.4, 0.5) is 4.39 Å². The number of halogens is 1. The number of amides is 1. The summed E-state index contributed by atoms with van der Waals surface area (Å²) in [4.78, 5) is 19.2. The van der Waals surface area contributed by atoms with Crippen LogP contribution in [-0.4, -0.2) is 38.1 Å². The van der Waals surface area contributed by atoms with E-state index in [-0.39, 0.29) is 24.4 Å².